The van der Waals surface area contributed by atoms with E-state index in [1.807, 2.05) is 6.20 Å². The van der Waals surface area contributed by atoms with Gasteiger partial charge >= 0.3 is 0 Å². The number of nitrogens with zero attached hydrogens (tertiary/aromatic N) is 4. The van der Waals surface area contributed by atoms with Gasteiger partial charge < -0.3 is 4.90 Å². The summed E-state index contributed by atoms with van der Waals surface area (Å²) in [6.07, 6.45) is 3.48. The van der Waals surface area contributed by atoms with Crippen LogP contribution in [0.1, 0.15) is 5.56 Å². The standard InChI is InChI=1S/C12H13FN4O2/c1-15(7-9-6-14-16(2)8-9)12-5-10(13)3-4-11(12)17(18)19/h3-6,8H,7H2,1-2H3. The second-order valence-electron chi connectivity index (χ2n) is 4.27. The average molecular weight is 264 g/mol. The Morgan fingerprint density at radius 3 is 2.84 bits per heavy atom. The van der Waals surface area contributed by atoms with E-state index in [-0.39, 0.29) is 11.4 Å². The minimum absolute atomic E-state index is 0.118. The molecule has 0 aliphatic heterocycles. The molecule has 0 spiro atoms. The van der Waals surface area contributed by atoms with Crippen LogP contribution >= 0.6 is 0 Å². The van der Waals surface area contributed by atoms with Gasteiger partial charge in [-0.2, -0.15) is 5.10 Å². The zero-order chi connectivity index (χ0) is 14.0. The maximum absolute atomic E-state index is 13.2. The minimum atomic E-state index is -0.519. The highest BCUT2D eigenvalue weighted by Gasteiger charge is 2.18. The molecule has 0 atom stereocenters. The van der Waals surface area contributed by atoms with E-state index in [0.717, 1.165) is 17.7 Å². The Morgan fingerprint density at radius 1 is 1.53 bits per heavy atom. The summed E-state index contributed by atoms with van der Waals surface area (Å²) in [6, 6.07) is 3.42. The molecule has 0 aliphatic carbocycles. The fourth-order valence-electron chi connectivity index (χ4n) is 1.87. The summed E-state index contributed by atoms with van der Waals surface area (Å²) in [5.74, 6) is -0.501. The van der Waals surface area contributed by atoms with E-state index >= 15 is 0 Å². The first-order valence-electron chi connectivity index (χ1n) is 5.60. The van der Waals surface area contributed by atoms with Gasteiger partial charge in [0.15, 0.2) is 0 Å². The van der Waals surface area contributed by atoms with Crippen LogP contribution in [-0.2, 0) is 13.6 Å². The van der Waals surface area contributed by atoms with Crippen molar-refractivity contribution in [1.82, 2.24) is 9.78 Å². The highest BCUT2D eigenvalue weighted by Crippen LogP contribution is 2.28. The predicted molar refractivity (Wildman–Crippen MR) is 68.4 cm³/mol. The quantitative estimate of drug-likeness (QED) is 0.626. The average Bonchev–Trinajstić information content (AvgIpc) is 2.74. The zero-order valence-corrected chi connectivity index (χ0v) is 10.6. The lowest BCUT2D eigenvalue weighted by Gasteiger charge is -2.18. The molecule has 2 aromatic rings. The zero-order valence-electron chi connectivity index (χ0n) is 10.6. The molecular formula is C12H13FN4O2. The van der Waals surface area contributed by atoms with Crippen LogP contribution in [0.4, 0.5) is 15.8 Å². The lowest BCUT2D eigenvalue weighted by Crippen LogP contribution is -2.17. The first-order valence-corrected chi connectivity index (χ1v) is 5.60. The molecule has 0 amide bonds. The van der Waals surface area contributed by atoms with Crippen LogP contribution in [0.5, 0.6) is 0 Å². The van der Waals surface area contributed by atoms with Crippen LogP contribution in [0.25, 0.3) is 0 Å². The van der Waals surface area contributed by atoms with Crippen LogP contribution < -0.4 is 4.90 Å². The molecule has 1 heterocycles. The third-order valence-corrected chi connectivity index (χ3v) is 2.72. The number of aromatic nitrogens is 2. The van der Waals surface area contributed by atoms with E-state index in [1.54, 1.807) is 29.9 Å². The topological polar surface area (TPSA) is 64.2 Å². The molecule has 0 saturated carbocycles. The number of hydrogen-bond donors (Lipinski definition) is 0. The molecule has 19 heavy (non-hydrogen) atoms. The van der Waals surface area contributed by atoms with Gasteiger partial charge in [-0.3, -0.25) is 14.8 Å². The number of aryl methyl sites for hydroxylation is 1. The summed E-state index contributed by atoms with van der Waals surface area (Å²) in [7, 11) is 3.46. The fourth-order valence-corrected chi connectivity index (χ4v) is 1.87. The Hall–Kier alpha value is -2.44. The van der Waals surface area contributed by atoms with E-state index in [4.69, 9.17) is 0 Å². The molecular weight excluding hydrogens is 251 g/mol. The van der Waals surface area contributed by atoms with Gasteiger partial charge in [0.25, 0.3) is 5.69 Å². The molecule has 0 aliphatic rings. The molecule has 0 saturated heterocycles. The van der Waals surface area contributed by atoms with Gasteiger partial charge in [-0.1, -0.05) is 0 Å². The molecule has 6 nitrogen and oxygen atoms in total. The maximum atomic E-state index is 13.2. The summed E-state index contributed by atoms with van der Waals surface area (Å²) in [6.45, 7) is 0.415. The molecule has 1 aromatic heterocycles. The number of nitro benzene ring substituents is 1. The SMILES string of the molecule is CN(Cc1cnn(C)c1)c1cc(F)ccc1[N+](=O)[O-]. The normalized spacial score (nSPS) is 10.5. The van der Waals surface area contributed by atoms with Crippen LogP contribution in [0, 0.1) is 15.9 Å². The smallest absolute Gasteiger partial charge is 0.292 e. The summed E-state index contributed by atoms with van der Waals surface area (Å²) in [5.41, 5.74) is 1.02. The van der Waals surface area contributed by atoms with Gasteiger partial charge in [-0.05, 0) is 6.07 Å². The summed E-state index contributed by atoms with van der Waals surface area (Å²) in [5, 5.41) is 15.0. The van der Waals surface area contributed by atoms with Gasteiger partial charge in [0, 0.05) is 44.5 Å². The van der Waals surface area contributed by atoms with E-state index in [0.29, 0.717) is 6.54 Å². The van der Waals surface area contributed by atoms with Crippen molar-refractivity contribution in [3.05, 3.63) is 52.1 Å². The maximum Gasteiger partial charge on any atom is 0.292 e. The Labute approximate surface area is 109 Å². The Bertz CT molecular complexity index is 612. The largest absolute Gasteiger partial charge is 0.365 e. The van der Waals surface area contributed by atoms with Gasteiger partial charge in [0.1, 0.15) is 11.5 Å². The summed E-state index contributed by atoms with van der Waals surface area (Å²) < 4.78 is 14.9. The van der Waals surface area contributed by atoms with Crippen molar-refractivity contribution in [1.29, 1.82) is 0 Å². The Balaban J connectivity index is 2.29. The van der Waals surface area contributed by atoms with Gasteiger partial charge in [0.2, 0.25) is 0 Å². The van der Waals surface area contributed by atoms with E-state index in [2.05, 4.69) is 5.10 Å². The number of rotatable bonds is 4. The van der Waals surface area contributed by atoms with Crippen LogP contribution in [0.3, 0.4) is 0 Å². The molecule has 0 N–H and O–H groups in total. The van der Waals surface area contributed by atoms with Crippen molar-refractivity contribution >= 4 is 11.4 Å². The first-order chi connectivity index (χ1) is 8.97. The van der Waals surface area contributed by atoms with Crippen LogP contribution in [0.15, 0.2) is 30.6 Å². The van der Waals surface area contributed by atoms with Crippen molar-refractivity contribution in [3.8, 4) is 0 Å². The number of benzene rings is 1. The molecule has 0 fully saturated rings. The van der Waals surface area contributed by atoms with E-state index in [9.17, 15) is 14.5 Å². The minimum Gasteiger partial charge on any atom is -0.365 e. The molecule has 2 rings (SSSR count). The second-order valence-corrected chi connectivity index (χ2v) is 4.27. The highest BCUT2D eigenvalue weighted by atomic mass is 19.1. The third kappa shape index (κ3) is 2.87. The van der Waals surface area contributed by atoms with E-state index in [1.165, 1.54) is 6.07 Å². The molecule has 0 radical (unpaired) electrons. The molecule has 0 bridgehead atoms. The van der Waals surface area contributed by atoms with Crippen molar-refractivity contribution in [2.75, 3.05) is 11.9 Å². The van der Waals surface area contributed by atoms with Crippen LogP contribution in [0.2, 0.25) is 0 Å². The van der Waals surface area contributed by atoms with Gasteiger partial charge in [-0.15, -0.1) is 0 Å². The molecule has 100 valence electrons. The number of halogens is 1. The summed E-state index contributed by atoms with van der Waals surface area (Å²) in [4.78, 5) is 12.0. The Morgan fingerprint density at radius 2 is 2.26 bits per heavy atom. The van der Waals surface area contributed by atoms with E-state index < -0.39 is 10.7 Å². The summed E-state index contributed by atoms with van der Waals surface area (Å²) >= 11 is 0. The number of hydrogen-bond acceptors (Lipinski definition) is 4. The first kappa shape index (κ1) is 13.0. The Kier molecular flexibility index (Phi) is 3.46. The predicted octanol–water partition coefficient (Wildman–Crippen LogP) is 2.10. The fraction of sp³-hybridized carbons (Fsp3) is 0.250. The van der Waals surface area contributed by atoms with Crippen molar-refractivity contribution < 1.29 is 9.31 Å². The second kappa shape index (κ2) is 5.05. The lowest BCUT2D eigenvalue weighted by molar-refractivity contribution is -0.384. The van der Waals surface area contributed by atoms with Crippen molar-refractivity contribution in [2.24, 2.45) is 7.05 Å². The molecule has 0 unspecified atom stereocenters. The third-order valence-electron chi connectivity index (χ3n) is 2.72. The molecule has 7 heteroatoms. The van der Waals surface area contributed by atoms with Crippen molar-refractivity contribution in [3.63, 3.8) is 0 Å². The highest BCUT2D eigenvalue weighted by molar-refractivity contribution is 5.62. The van der Waals surface area contributed by atoms with Crippen molar-refractivity contribution in [2.45, 2.75) is 6.54 Å². The monoisotopic (exact) mass is 264 g/mol. The lowest BCUT2D eigenvalue weighted by atomic mass is 10.2. The number of anilines is 1. The van der Waals surface area contributed by atoms with Gasteiger partial charge in [-0.25, -0.2) is 4.39 Å². The molecule has 1 aromatic carbocycles. The number of nitro groups is 1. The van der Waals surface area contributed by atoms with Gasteiger partial charge in [0.05, 0.1) is 11.1 Å². The van der Waals surface area contributed by atoms with Crippen LogP contribution in [-0.4, -0.2) is 21.8 Å².